The maximum atomic E-state index is 11.4. The minimum absolute atomic E-state index is 0.0276. The van der Waals surface area contributed by atoms with E-state index in [1.54, 1.807) is 0 Å². The second-order valence-corrected chi connectivity index (χ2v) is 7.33. The quantitative estimate of drug-likeness (QED) is 0.668. The highest BCUT2D eigenvalue weighted by Crippen LogP contribution is 2.31. The molecule has 0 heterocycles. The van der Waals surface area contributed by atoms with Crippen LogP contribution in [0.2, 0.25) is 0 Å². The summed E-state index contributed by atoms with van der Waals surface area (Å²) in [5.74, 6) is 0.486. The number of hydrogen-bond acceptors (Lipinski definition) is 3. The van der Waals surface area contributed by atoms with Crippen LogP contribution >= 0.6 is 0 Å². The van der Waals surface area contributed by atoms with Crippen molar-refractivity contribution in [1.29, 1.82) is 0 Å². The van der Waals surface area contributed by atoms with Gasteiger partial charge in [-0.15, -0.1) is 0 Å². The Balaban J connectivity index is 4.73. The van der Waals surface area contributed by atoms with Crippen molar-refractivity contribution >= 4 is 10.0 Å². The first-order valence-electron chi connectivity index (χ1n) is 6.83. The van der Waals surface area contributed by atoms with Gasteiger partial charge in [0, 0.05) is 12.0 Å². The SMILES string of the molecule is CCCC(CCC)(COCC(C)C)CS(N)(=O)=O. The van der Waals surface area contributed by atoms with E-state index >= 15 is 0 Å². The number of primary sulfonamides is 1. The summed E-state index contributed by atoms with van der Waals surface area (Å²) in [5.41, 5.74) is -0.314. The van der Waals surface area contributed by atoms with Gasteiger partial charge in [0.2, 0.25) is 10.0 Å². The molecule has 18 heavy (non-hydrogen) atoms. The zero-order valence-electron chi connectivity index (χ0n) is 12.2. The molecule has 0 saturated heterocycles. The van der Waals surface area contributed by atoms with Crippen LogP contribution in [0.1, 0.15) is 53.4 Å². The molecule has 0 bridgehead atoms. The smallest absolute Gasteiger partial charge is 0.209 e. The fourth-order valence-corrected chi connectivity index (χ4v) is 3.68. The Labute approximate surface area is 112 Å². The molecule has 0 saturated carbocycles. The van der Waals surface area contributed by atoms with E-state index in [1.165, 1.54) is 0 Å². The molecular formula is C13H29NO3S. The highest BCUT2D eigenvalue weighted by Gasteiger charge is 2.33. The molecule has 0 unspecified atom stereocenters. The molecular weight excluding hydrogens is 250 g/mol. The fourth-order valence-electron chi connectivity index (χ4n) is 2.45. The van der Waals surface area contributed by atoms with Crippen molar-refractivity contribution in [2.75, 3.05) is 19.0 Å². The Morgan fingerprint density at radius 1 is 1.17 bits per heavy atom. The summed E-state index contributed by atoms with van der Waals surface area (Å²) in [6.07, 6.45) is 3.58. The molecule has 0 aliphatic heterocycles. The summed E-state index contributed by atoms with van der Waals surface area (Å²) in [6.45, 7) is 9.46. The van der Waals surface area contributed by atoms with E-state index in [-0.39, 0.29) is 11.2 Å². The minimum atomic E-state index is -3.46. The van der Waals surface area contributed by atoms with Gasteiger partial charge in [0.25, 0.3) is 0 Å². The van der Waals surface area contributed by atoms with E-state index in [4.69, 9.17) is 9.88 Å². The number of rotatable bonds is 10. The van der Waals surface area contributed by atoms with Crippen LogP contribution in [0.5, 0.6) is 0 Å². The van der Waals surface area contributed by atoms with Gasteiger partial charge in [0.1, 0.15) is 0 Å². The lowest BCUT2D eigenvalue weighted by Crippen LogP contribution is -2.38. The monoisotopic (exact) mass is 279 g/mol. The van der Waals surface area contributed by atoms with Gasteiger partial charge >= 0.3 is 0 Å². The summed E-state index contributed by atoms with van der Waals surface area (Å²) in [7, 11) is -3.46. The Morgan fingerprint density at radius 2 is 1.67 bits per heavy atom. The van der Waals surface area contributed by atoms with Gasteiger partial charge < -0.3 is 4.74 Å². The Morgan fingerprint density at radius 3 is 2.00 bits per heavy atom. The topological polar surface area (TPSA) is 69.4 Å². The third-order valence-electron chi connectivity index (χ3n) is 2.93. The van der Waals surface area contributed by atoms with Crippen LogP contribution in [-0.4, -0.2) is 27.4 Å². The lowest BCUT2D eigenvalue weighted by atomic mass is 9.82. The molecule has 0 aromatic rings. The van der Waals surface area contributed by atoms with Gasteiger partial charge in [-0.2, -0.15) is 0 Å². The average Bonchev–Trinajstić information content (AvgIpc) is 2.14. The number of ether oxygens (including phenoxy) is 1. The minimum Gasteiger partial charge on any atom is -0.381 e. The van der Waals surface area contributed by atoms with Crippen LogP contribution in [0.15, 0.2) is 0 Å². The molecule has 0 aliphatic rings. The number of nitrogens with two attached hydrogens (primary N) is 1. The van der Waals surface area contributed by atoms with Crippen LogP contribution in [-0.2, 0) is 14.8 Å². The third kappa shape index (κ3) is 8.06. The maximum Gasteiger partial charge on any atom is 0.209 e. The van der Waals surface area contributed by atoms with Gasteiger partial charge in [-0.1, -0.05) is 40.5 Å². The van der Waals surface area contributed by atoms with Gasteiger partial charge in [-0.25, -0.2) is 13.6 Å². The lowest BCUT2D eigenvalue weighted by Gasteiger charge is -2.32. The molecule has 2 N–H and O–H groups in total. The van der Waals surface area contributed by atoms with E-state index in [9.17, 15) is 8.42 Å². The molecule has 0 rings (SSSR count). The van der Waals surface area contributed by atoms with Crippen molar-refractivity contribution in [3.8, 4) is 0 Å². The second-order valence-electron chi connectivity index (χ2n) is 5.72. The fraction of sp³-hybridized carbons (Fsp3) is 1.00. The number of sulfonamides is 1. The predicted molar refractivity (Wildman–Crippen MR) is 75.9 cm³/mol. The lowest BCUT2D eigenvalue weighted by molar-refractivity contribution is 0.0305. The highest BCUT2D eigenvalue weighted by atomic mass is 32.2. The van der Waals surface area contributed by atoms with Crippen molar-refractivity contribution in [1.82, 2.24) is 0 Å². The van der Waals surface area contributed by atoms with Gasteiger partial charge in [0.05, 0.1) is 12.4 Å². The largest absolute Gasteiger partial charge is 0.381 e. The van der Waals surface area contributed by atoms with Crippen molar-refractivity contribution in [2.24, 2.45) is 16.5 Å². The zero-order valence-corrected chi connectivity index (χ0v) is 13.1. The van der Waals surface area contributed by atoms with E-state index in [2.05, 4.69) is 27.7 Å². The van der Waals surface area contributed by atoms with Gasteiger partial charge in [-0.05, 0) is 18.8 Å². The normalized spacial score (nSPS) is 13.2. The van der Waals surface area contributed by atoms with Gasteiger partial charge in [-0.3, -0.25) is 0 Å². The van der Waals surface area contributed by atoms with Crippen molar-refractivity contribution in [2.45, 2.75) is 53.4 Å². The third-order valence-corrected chi connectivity index (χ3v) is 3.94. The van der Waals surface area contributed by atoms with E-state index in [0.717, 1.165) is 25.7 Å². The van der Waals surface area contributed by atoms with Crippen LogP contribution in [0.4, 0.5) is 0 Å². The Bertz CT molecular complexity index is 306. The highest BCUT2D eigenvalue weighted by molar-refractivity contribution is 7.89. The van der Waals surface area contributed by atoms with E-state index < -0.39 is 10.0 Å². The predicted octanol–water partition coefficient (Wildman–Crippen LogP) is 2.53. The van der Waals surface area contributed by atoms with Crippen LogP contribution in [0, 0.1) is 11.3 Å². The summed E-state index contributed by atoms with van der Waals surface area (Å²) in [5, 5.41) is 5.23. The van der Waals surface area contributed by atoms with Crippen LogP contribution in [0.25, 0.3) is 0 Å². The first-order chi connectivity index (χ1) is 8.24. The molecule has 110 valence electrons. The molecule has 0 fully saturated rings. The number of hydrogen-bond donors (Lipinski definition) is 1. The molecule has 0 spiro atoms. The summed E-state index contributed by atoms with van der Waals surface area (Å²) in [6, 6.07) is 0. The maximum absolute atomic E-state index is 11.4. The van der Waals surface area contributed by atoms with Crippen molar-refractivity contribution < 1.29 is 13.2 Å². The van der Waals surface area contributed by atoms with Gasteiger partial charge in [0.15, 0.2) is 0 Å². The molecule has 0 aromatic heterocycles. The standard InChI is InChI=1S/C13H29NO3S/c1-5-7-13(8-6-2,11-18(14,15)16)10-17-9-12(3)4/h12H,5-11H2,1-4H3,(H2,14,15,16). The van der Waals surface area contributed by atoms with E-state index in [1.807, 2.05) is 0 Å². The summed E-state index contributed by atoms with van der Waals surface area (Å²) < 4.78 is 28.5. The molecule has 0 atom stereocenters. The van der Waals surface area contributed by atoms with Crippen molar-refractivity contribution in [3.05, 3.63) is 0 Å². The average molecular weight is 279 g/mol. The molecule has 0 aromatic carbocycles. The molecule has 4 nitrogen and oxygen atoms in total. The van der Waals surface area contributed by atoms with Crippen LogP contribution in [0.3, 0.4) is 0 Å². The van der Waals surface area contributed by atoms with E-state index in [0.29, 0.717) is 19.1 Å². The summed E-state index contributed by atoms with van der Waals surface area (Å²) in [4.78, 5) is 0. The Hall–Kier alpha value is -0.130. The molecule has 0 amide bonds. The van der Waals surface area contributed by atoms with Crippen LogP contribution < -0.4 is 5.14 Å². The Kier molecular flexibility index (Phi) is 8.06. The first-order valence-corrected chi connectivity index (χ1v) is 8.54. The second kappa shape index (κ2) is 8.12. The molecule has 0 radical (unpaired) electrons. The molecule has 5 heteroatoms. The molecule has 0 aliphatic carbocycles. The zero-order chi connectivity index (χ0) is 14.2. The summed E-state index contributed by atoms with van der Waals surface area (Å²) >= 11 is 0. The van der Waals surface area contributed by atoms with Crippen molar-refractivity contribution in [3.63, 3.8) is 0 Å². The first kappa shape index (κ1) is 17.9.